The first-order chi connectivity index (χ1) is 8.04. The quantitative estimate of drug-likeness (QED) is 0.769. The van der Waals surface area contributed by atoms with E-state index in [0.717, 1.165) is 5.56 Å². The third-order valence-corrected chi connectivity index (χ3v) is 2.68. The van der Waals surface area contributed by atoms with Crippen LogP contribution in [0.4, 0.5) is 0 Å². The summed E-state index contributed by atoms with van der Waals surface area (Å²) in [6.45, 7) is 5.27. The largest absolute Gasteiger partial charge is 1.00 e. The molecular formula is C12H17Cl3NO2-. The highest BCUT2D eigenvalue weighted by atomic mass is 35.5. The molecule has 0 spiro atoms. The lowest BCUT2D eigenvalue weighted by Crippen LogP contribution is -3.00. The molecule has 0 heterocycles. The van der Waals surface area contributed by atoms with E-state index in [0.29, 0.717) is 35.5 Å². The highest BCUT2D eigenvalue weighted by Gasteiger charge is 2.09. The molecule has 0 fully saturated rings. The average molecular weight is 314 g/mol. The first kappa shape index (κ1) is 17.8. The molecule has 0 radical (unpaired) electrons. The van der Waals surface area contributed by atoms with Crippen LogP contribution in [-0.4, -0.2) is 24.4 Å². The minimum absolute atomic E-state index is 0. The second kappa shape index (κ2) is 8.83. The molecule has 1 aromatic rings. The molecule has 1 unspecified atom stereocenters. The molecule has 1 aromatic carbocycles. The molecule has 6 heteroatoms. The third kappa shape index (κ3) is 5.63. The van der Waals surface area contributed by atoms with Gasteiger partial charge >= 0.3 is 0 Å². The number of aliphatic hydroxyl groups excluding tert-OH is 1. The van der Waals surface area contributed by atoms with E-state index in [9.17, 15) is 0 Å². The number of ether oxygens (including phenoxy) is 1. The van der Waals surface area contributed by atoms with E-state index < -0.39 is 0 Å². The van der Waals surface area contributed by atoms with Crippen molar-refractivity contribution in [1.29, 1.82) is 0 Å². The van der Waals surface area contributed by atoms with Crippen LogP contribution >= 0.6 is 23.2 Å². The van der Waals surface area contributed by atoms with Gasteiger partial charge in [0.25, 0.3) is 0 Å². The fraction of sp³-hybridized carbons (Fsp3) is 0.500. The van der Waals surface area contributed by atoms with Gasteiger partial charge < -0.3 is 27.6 Å². The molecule has 0 bridgehead atoms. The maximum absolute atomic E-state index is 9.12. The monoisotopic (exact) mass is 312 g/mol. The lowest BCUT2D eigenvalue weighted by Gasteiger charge is -2.11. The minimum atomic E-state index is -0.372. The topological polar surface area (TPSA) is 41.5 Å². The van der Waals surface area contributed by atoms with E-state index in [-0.39, 0.29) is 18.5 Å². The van der Waals surface area contributed by atoms with Crippen molar-refractivity contribution in [2.45, 2.75) is 26.5 Å². The van der Waals surface area contributed by atoms with Gasteiger partial charge in [0.05, 0.1) is 22.8 Å². The molecule has 0 saturated heterocycles. The van der Waals surface area contributed by atoms with Crippen molar-refractivity contribution in [3.05, 3.63) is 27.7 Å². The Kier molecular flexibility index (Phi) is 8.74. The van der Waals surface area contributed by atoms with Gasteiger partial charge in [0.1, 0.15) is 0 Å². The SMILES string of the molecule is CCOc1c(Cl)cc(CNCC(C)O)cc1Cl.[Cl-]. The Hall–Kier alpha value is -0.190. The fourth-order valence-electron chi connectivity index (χ4n) is 1.42. The van der Waals surface area contributed by atoms with E-state index in [1.807, 2.05) is 19.1 Å². The molecule has 0 aliphatic carbocycles. The summed E-state index contributed by atoms with van der Waals surface area (Å²) in [7, 11) is 0. The third-order valence-electron chi connectivity index (χ3n) is 2.12. The summed E-state index contributed by atoms with van der Waals surface area (Å²) in [5.41, 5.74) is 0.962. The van der Waals surface area contributed by atoms with Gasteiger partial charge in [-0.3, -0.25) is 0 Å². The summed E-state index contributed by atoms with van der Waals surface area (Å²) >= 11 is 12.1. The number of rotatable bonds is 6. The van der Waals surface area contributed by atoms with Crippen molar-refractivity contribution >= 4 is 23.2 Å². The van der Waals surface area contributed by atoms with Crippen LogP contribution in [0.5, 0.6) is 5.75 Å². The lowest BCUT2D eigenvalue weighted by atomic mass is 10.2. The van der Waals surface area contributed by atoms with Crippen molar-refractivity contribution in [2.24, 2.45) is 0 Å². The minimum Gasteiger partial charge on any atom is -1.00 e. The number of halogens is 3. The smallest absolute Gasteiger partial charge is 0.156 e. The first-order valence-electron chi connectivity index (χ1n) is 5.54. The number of hydrogen-bond donors (Lipinski definition) is 2. The molecule has 0 amide bonds. The summed E-state index contributed by atoms with van der Waals surface area (Å²) in [5.74, 6) is 0.523. The molecule has 18 heavy (non-hydrogen) atoms. The van der Waals surface area contributed by atoms with Gasteiger partial charge in [-0.25, -0.2) is 0 Å². The predicted molar refractivity (Wildman–Crippen MR) is 71.0 cm³/mol. The summed E-state index contributed by atoms with van der Waals surface area (Å²) < 4.78 is 5.34. The Balaban J connectivity index is 0.00000289. The summed E-state index contributed by atoms with van der Waals surface area (Å²) in [6, 6.07) is 3.63. The number of aliphatic hydroxyl groups is 1. The molecule has 1 rings (SSSR count). The van der Waals surface area contributed by atoms with Crippen LogP contribution in [0.15, 0.2) is 12.1 Å². The second-order valence-electron chi connectivity index (χ2n) is 3.80. The fourth-order valence-corrected chi connectivity index (χ4v) is 2.06. The van der Waals surface area contributed by atoms with Crippen molar-refractivity contribution < 1.29 is 22.3 Å². The first-order valence-corrected chi connectivity index (χ1v) is 6.29. The number of benzene rings is 1. The highest BCUT2D eigenvalue weighted by molar-refractivity contribution is 6.37. The molecule has 0 aliphatic heterocycles. The molecular weight excluding hydrogens is 296 g/mol. The van der Waals surface area contributed by atoms with Crippen LogP contribution in [0.1, 0.15) is 19.4 Å². The van der Waals surface area contributed by atoms with E-state index in [1.54, 1.807) is 6.92 Å². The van der Waals surface area contributed by atoms with Crippen LogP contribution in [0, 0.1) is 0 Å². The molecule has 0 saturated carbocycles. The molecule has 0 aliphatic rings. The number of hydrogen-bond acceptors (Lipinski definition) is 3. The van der Waals surface area contributed by atoms with Crippen LogP contribution in [0.3, 0.4) is 0 Å². The standard InChI is InChI=1S/C12H17Cl2NO2.ClH/c1-3-17-12-10(13)4-9(5-11(12)14)7-15-6-8(2)16;/h4-5,8,15-16H,3,6-7H2,1-2H3;1H/p-1. The van der Waals surface area contributed by atoms with Crippen molar-refractivity contribution in [3.8, 4) is 5.75 Å². The summed E-state index contributed by atoms with van der Waals surface area (Å²) in [6.07, 6.45) is -0.372. The van der Waals surface area contributed by atoms with Gasteiger partial charge in [-0.15, -0.1) is 0 Å². The zero-order chi connectivity index (χ0) is 12.8. The van der Waals surface area contributed by atoms with Crippen LogP contribution in [0.25, 0.3) is 0 Å². The Morgan fingerprint density at radius 1 is 1.33 bits per heavy atom. The van der Waals surface area contributed by atoms with Gasteiger partial charge in [0, 0.05) is 13.1 Å². The van der Waals surface area contributed by atoms with Crippen molar-refractivity contribution in [1.82, 2.24) is 5.32 Å². The molecule has 0 aromatic heterocycles. The highest BCUT2D eigenvalue weighted by Crippen LogP contribution is 2.34. The van der Waals surface area contributed by atoms with Gasteiger partial charge in [-0.05, 0) is 31.5 Å². The van der Waals surface area contributed by atoms with Crippen LogP contribution < -0.4 is 22.5 Å². The maximum atomic E-state index is 9.12. The van der Waals surface area contributed by atoms with E-state index in [1.165, 1.54) is 0 Å². The Morgan fingerprint density at radius 3 is 2.33 bits per heavy atom. The van der Waals surface area contributed by atoms with Gasteiger partial charge in [-0.2, -0.15) is 0 Å². The van der Waals surface area contributed by atoms with E-state index >= 15 is 0 Å². The van der Waals surface area contributed by atoms with Gasteiger partial charge in [0.15, 0.2) is 5.75 Å². The van der Waals surface area contributed by atoms with Crippen molar-refractivity contribution in [3.63, 3.8) is 0 Å². The summed E-state index contributed by atoms with van der Waals surface area (Å²) in [5, 5.41) is 13.2. The Morgan fingerprint density at radius 2 is 1.89 bits per heavy atom. The predicted octanol–water partition coefficient (Wildman–Crippen LogP) is -0.134. The zero-order valence-corrected chi connectivity index (χ0v) is 12.6. The molecule has 3 nitrogen and oxygen atoms in total. The van der Waals surface area contributed by atoms with Gasteiger partial charge in [-0.1, -0.05) is 23.2 Å². The second-order valence-corrected chi connectivity index (χ2v) is 4.62. The maximum Gasteiger partial charge on any atom is 0.156 e. The zero-order valence-electron chi connectivity index (χ0n) is 10.3. The number of nitrogens with one attached hydrogen (secondary N) is 1. The van der Waals surface area contributed by atoms with Crippen LogP contribution in [-0.2, 0) is 6.54 Å². The molecule has 1 atom stereocenters. The lowest BCUT2D eigenvalue weighted by molar-refractivity contribution is -0.00000613. The van der Waals surface area contributed by atoms with Crippen LogP contribution in [0.2, 0.25) is 10.0 Å². The molecule has 2 N–H and O–H groups in total. The van der Waals surface area contributed by atoms with E-state index in [2.05, 4.69) is 5.32 Å². The Bertz CT molecular complexity index is 349. The summed E-state index contributed by atoms with van der Waals surface area (Å²) in [4.78, 5) is 0. The van der Waals surface area contributed by atoms with Gasteiger partial charge in [0.2, 0.25) is 0 Å². The Labute approximate surface area is 124 Å². The van der Waals surface area contributed by atoms with Crippen molar-refractivity contribution in [2.75, 3.05) is 13.2 Å². The average Bonchev–Trinajstić information content (AvgIpc) is 2.23. The normalized spacial score (nSPS) is 11.8. The molecule has 104 valence electrons. The van der Waals surface area contributed by atoms with E-state index in [4.69, 9.17) is 33.0 Å².